The maximum atomic E-state index is 12.3. The van der Waals surface area contributed by atoms with E-state index in [-0.39, 0.29) is 6.03 Å². The second-order valence-corrected chi connectivity index (χ2v) is 6.66. The van der Waals surface area contributed by atoms with Crippen molar-refractivity contribution in [2.75, 3.05) is 31.1 Å². The molecule has 1 heterocycles. The zero-order valence-corrected chi connectivity index (χ0v) is 15.2. The summed E-state index contributed by atoms with van der Waals surface area (Å²) in [6.45, 7) is 2.91. The molecule has 2 aromatic rings. The van der Waals surface area contributed by atoms with E-state index in [1.54, 1.807) is 6.20 Å². The summed E-state index contributed by atoms with van der Waals surface area (Å²) in [7, 11) is 0. The minimum absolute atomic E-state index is 0.0935. The second-order valence-electron chi connectivity index (χ2n) is 5.79. The highest BCUT2D eigenvalue weighted by molar-refractivity contribution is 6.31. The SMILES string of the molecule is O=C(N/C=C/c1cccc(Cl)c1)N1CCN(c2cccc(Cl)c2)CC1. The van der Waals surface area contributed by atoms with Crippen molar-refractivity contribution in [3.8, 4) is 0 Å². The van der Waals surface area contributed by atoms with E-state index < -0.39 is 0 Å². The van der Waals surface area contributed by atoms with Gasteiger partial charge in [0.15, 0.2) is 0 Å². The first-order valence-corrected chi connectivity index (χ1v) is 8.85. The minimum atomic E-state index is -0.0935. The summed E-state index contributed by atoms with van der Waals surface area (Å²) in [5.41, 5.74) is 2.03. The van der Waals surface area contributed by atoms with Crippen LogP contribution in [0, 0.1) is 0 Å². The van der Waals surface area contributed by atoms with Crippen LogP contribution >= 0.6 is 23.2 Å². The molecular formula is C19H19Cl2N3O. The highest BCUT2D eigenvalue weighted by Crippen LogP contribution is 2.20. The van der Waals surface area contributed by atoms with Gasteiger partial charge in [-0.25, -0.2) is 4.79 Å². The van der Waals surface area contributed by atoms with Crippen LogP contribution in [-0.2, 0) is 0 Å². The summed E-state index contributed by atoms with van der Waals surface area (Å²) in [5, 5.41) is 4.21. The van der Waals surface area contributed by atoms with Gasteiger partial charge in [-0.15, -0.1) is 0 Å². The fraction of sp³-hybridized carbons (Fsp3) is 0.211. The van der Waals surface area contributed by atoms with Gasteiger partial charge in [-0.3, -0.25) is 0 Å². The summed E-state index contributed by atoms with van der Waals surface area (Å²) >= 11 is 12.0. The lowest BCUT2D eigenvalue weighted by molar-refractivity contribution is 0.198. The lowest BCUT2D eigenvalue weighted by Gasteiger charge is -2.35. The number of amides is 2. The molecule has 0 aromatic heterocycles. The highest BCUT2D eigenvalue weighted by Gasteiger charge is 2.20. The number of hydrogen-bond acceptors (Lipinski definition) is 2. The molecule has 0 radical (unpaired) electrons. The Balaban J connectivity index is 1.50. The Labute approximate surface area is 157 Å². The summed E-state index contributed by atoms with van der Waals surface area (Å²) in [5.74, 6) is 0. The number of piperazine rings is 1. The van der Waals surface area contributed by atoms with Crippen molar-refractivity contribution in [1.29, 1.82) is 0 Å². The van der Waals surface area contributed by atoms with Gasteiger partial charge in [0.05, 0.1) is 0 Å². The molecule has 2 amide bonds. The standard InChI is InChI=1S/C19H19Cl2N3O/c20-16-4-1-3-15(13-16)7-8-22-19(25)24-11-9-23(10-12-24)18-6-2-5-17(21)14-18/h1-8,13-14H,9-12H2,(H,22,25)/b8-7+. The molecule has 130 valence electrons. The van der Waals surface area contributed by atoms with Gasteiger partial charge in [-0.05, 0) is 42.0 Å². The van der Waals surface area contributed by atoms with Gasteiger partial charge < -0.3 is 15.1 Å². The van der Waals surface area contributed by atoms with Gasteiger partial charge in [0.2, 0.25) is 0 Å². The third-order valence-corrected chi connectivity index (χ3v) is 4.54. The van der Waals surface area contributed by atoms with E-state index >= 15 is 0 Å². The predicted molar refractivity (Wildman–Crippen MR) is 104 cm³/mol. The molecule has 4 nitrogen and oxygen atoms in total. The van der Waals surface area contributed by atoms with E-state index in [1.165, 1.54) is 0 Å². The molecule has 1 saturated heterocycles. The third-order valence-electron chi connectivity index (χ3n) is 4.07. The maximum absolute atomic E-state index is 12.3. The molecule has 0 aliphatic carbocycles. The first-order valence-electron chi connectivity index (χ1n) is 8.10. The molecule has 0 bridgehead atoms. The van der Waals surface area contributed by atoms with Crippen LogP contribution in [0.5, 0.6) is 0 Å². The Kier molecular flexibility index (Phi) is 5.84. The van der Waals surface area contributed by atoms with E-state index in [0.29, 0.717) is 18.1 Å². The molecule has 0 unspecified atom stereocenters. The zero-order valence-electron chi connectivity index (χ0n) is 13.7. The number of rotatable bonds is 3. The van der Waals surface area contributed by atoms with Crippen molar-refractivity contribution in [3.63, 3.8) is 0 Å². The van der Waals surface area contributed by atoms with Gasteiger partial charge >= 0.3 is 6.03 Å². The van der Waals surface area contributed by atoms with Gasteiger partial charge in [0.25, 0.3) is 0 Å². The van der Waals surface area contributed by atoms with Crippen molar-refractivity contribution >= 4 is 41.0 Å². The molecule has 1 N–H and O–H groups in total. The average molecular weight is 376 g/mol. The van der Waals surface area contributed by atoms with E-state index in [0.717, 1.165) is 29.4 Å². The van der Waals surface area contributed by atoms with Gasteiger partial charge in [-0.2, -0.15) is 0 Å². The van der Waals surface area contributed by atoms with Crippen molar-refractivity contribution in [2.45, 2.75) is 0 Å². The molecule has 1 aliphatic heterocycles. The molecule has 3 rings (SSSR count). The van der Waals surface area contributed by atoms with Crippen LogP contribution in [0.15, 0.2) is 54.7 Å². The van der Waals surface area contributed by atoms with Gasteiger partial charge in [0, 0.05) is 48.1 Å². The zero-order chi connectivity index (χ0) is 17.6. The lowest BCUT2D eigenvalue weighted by atomic mass is 10.2. The van der Waals surface area contributed by atoms with Crippen LogP contribution in [-0.4, -0.2) is 37.1 Å². The lowest BCUT2D eigenvalue weighted by Crippen LogP contribution is -2.51. The van der Waals surface area contributed by atoms with Crippen LogP contribution in [0.4, 0.5) is 10.5 Å². The second kappa shape index (κ2) is 8.28. The molecule has 6 heteroatoms. The molecule has 1 fully saturated rings. The molecule has 25 heavy (non-hydrogen) atoms. The van der Waals surface area contributed by atoms with Crippen LogP contribution in [0.25, 0.3) is 6.08 Å². The smallest absolute Gasteiger partial charge is 0.321 e. The number of anilines is 1. The fourth-order valence-electron chi connectivity index (χ4n) is 2.75. The monoisotopic (exact) mass is 375 g/mol. The number of hydrogen-bond donors (Lipinski definition) is 1. The van der Waals surface area contributed by atoms with E-state index in [1.807, 2.05) is 59.5 Å². The van der Waals surface area contributed by atoms with E-state index in [2.05, 4.69) is 10.2 Å². The third kappa shape index (κ3) is 4.91. The van der Waals surface area contributed by atoms with E-state index in [4.69, 9.17) is 23.2 Å². The van der Waals surface area contributed by atoms with Crippen molar-refractivity contribution < 1.29 is 4.79 Å². The molecular weight excluding hydrogens is 357 g/mol. The number of halogens is 2. The topological polar surface area (TPSA) is 35.6 Å². The Morgan fingerprint density at radius 1 is 0.960 bits per heavy atom. The predicted octanol–water partition coefficient (Wildman–Crippen LogP) is 4.50. The maximum Gasteiger partial charge on any atom is 0.321 e. The van der Waals surface area contributed by atoms with Crippen molar-refractivity contribution in [3.05, 3.63) is 70.3 Å². The van der Waals surface area contributed by atoms with Crippen LogP contribution in [0.3, 0.4) is 0 Å². The van der Waals surface area contributed by atoms with Gasteiger partial charge in [0.1, 0.15) is 0 Å². The molecule has 1 aliphatic rings. The molecule has 2 aromatic carbocycles. The number of nitrogens with one attached hydrogen (secondary N) is 1. The normalized spacial score (nSPS) is 14.8. The highest BCUT2D eigenvalue weighted by atomic mass is 35.5. The molecule has 0 saturated carbocycles. The van der Waals surface area contributed by atoms with E-state index in [9.17, 15) is 4.79 Å². The number of urea groups is 1. The molecule has 0 spiro atoms. The quantitative estimate of drug-likeness (QED) is 0.857. The average Bonchev–Trinajstić information content (AvgIpc) is 2.62. The van der Waals surface area contributed by atoms with Crippen LogP contribution < -0.4 is 10.2 Å². The Morgan fingerprint density at radius 3 is 2.32 bits per heavy atom. The number of carbonyl (C=O) groups is 1. The Hall–Kier alpha value is -2.17. The summed E-state index contributed by atoms with van der Waals surface area (Å²) < 4.78 is 0. The fourth-order valence-corrected chi connectivity index (χ4v) is 3.13. The summed E-state index contributed by atoms with van der Waals surface area (Å²) in [6.07, 6.45) is 3.48. The van der Waals surface area contributed by atoms with Crippen LogP contribution in [0.2, 0.25) is 10.0 Å². The number of carbonyl (C=O) groups excluding carboxylic acids is 1. The first kappa shape index (κ1) is 17.6. The Morgan fingerprint density at radius 2 is 1.64 bits per heavy atom. The van der Waals surface area contributed by atoms with Crippen LogP contribution in [0.1, 0.15) is 5.56 Å². The van der Waals surface area contributed by atoms with Crippen molar-refractivity contribution in [2.24, 2.45) is 0 Å². The first-order chi connectivity index (χ1) is 12.1. The largest absolute Gasteiger partial charge is 0.368 e. The number of benzene rings is 2. The summed E-state index contributed by atoms with van der Waals surface area (Å²) in [4.78, 5) is 16.3. The Bertz CT molecular complexity index is 771. The molecule has 0 atom stereocenters. The number of nitrogens with zero attached hydrogens (tertiary/aromatic N) is 2. The minimum Gasteiger partial charge on any atom is -0.368 e. The van der Waals surface area contributed by atoms with Gasteiger partial charge in [-0.1, -0.05) is 41.4 Å². The summed E-state index contributed by atoms with van der Waals surface area (Å²) in [6, 6.07) is 15.2. The van der Waals surface area contributed by atoms with Crippen molar-refractivity contribution in [1.82, 2.24) is 10.2 Å².